The molecule has 3 heteroatoms. The summed E-state index contributed by atoms with van der Waals surface area (Å²) in [6.07, 6.45) is 2.22. The lowest BCUT2D eigenvalue weighted by Crippen LogP contribution is -2.25. The van der Waals surface area contributed by atoms with E-state index in [4.69, 9.17) is 10.8 Å². The molecule has 3 nitrogen and oxygen atoms in total. The molecule has 1 atom stereocenters. The number of nitrogens with two attached hydrogens (primary N) is 1. The molecule has 1 aromatic rings. The van der Waals surface area contributed by atoms with Crippen LogP contribution in [0.25, 0.3) is 0 Å². The monoisotopic (exact) mass is 164 g/mol. The minimum absolute atomic E-state index is 0.000605. The van der Waals surface area contributed by atoms with Gasteiger partial charge in [-0.05, 0) is 12.1 Å². The molecule has 0 aliphatic rings. The average molecular weight is 164 g/mol. The van der Waals surface area contributed by atoms with Crippen molar-refractivity contribution in [1.82, 2.24) is 4.98 Å². The Morgan fingerprint density at radius 3 is 2.92 bits per heavy atom. The van der Waals surface area contributed by atoms with E-state index in [1.807, 2.05) is 18.2 Å². The van der Waals surface area contributed by atoms with E-state index in [1.165, 1.54) is 0 Å². The summed E-state index contributed by atoms with van der Waals surface area (Å²) < 4.78 is 0. The Labute approximate surface area is 71.6 Å². The van der Waals surface area contributed by atoms with Crippen LogP contribution in [0.2, 0.25) is 0 Å². The van der Waals surface area contributed by atoms with Gasteiger partial charge in [0.25, 0.3) is 0 Å². The molecule has 0 aliphatic heterocycles. The summed E-state index contributed by atoms with van der Waals surface area (Å²) in [7, 11) is 0. The standard InChI is InChI=1S/C9H12N2O/c1-7(12)9(10)6-8-4-2-3-5-11-8/h2-5,9,12H,1,6,10H2/t9-/m0/s1. The molecule has 3 N–H and O–H groups in total. The van der Waals surface area contributed by atoms with Gasteiger partial charge in [0, 0.05) is 18.3 Å². The molecule has 0 saturated heterocycles. The van der Waals surface area contributed by atoms with Crippen molar-refractivity contribution >= 4 is 0 Å². The molecule has 0 saturated carbocycles. The summed E-state index contributed by atoms with van der Waals surface area (Å²) in [4.78, 5) is 4.07. The molecule has 1 aromatic heterocycles. The summed E-state index contributed by atoms with van der Waals surface area (Å²) in [5.74, 6) is 0.000605. The van der Waals surface area contributed by atoms with E-state index in [9.17, 15) is 0 Å². The van der Waals surface area contributed by atoms with E-state index in [0.29, 0.717) is 6.42 Å². The number of aliphatic hydroxyl groups excluding tert-OH is 1. The molecule has 0 unspecified atom stereocenters. The number of rotatable bonds is 3. The Morgan fingerprint density at radius 2 is 2.42 bits per heavy atom. The highest BCUT2D eigenvalue weighted by Crippen LogP contribution is 2.01. The number of hydrogen-bond donors (Lipinski definition) is 2. The first-order chi connectivity index (χ1) is 5.70. The quantitative estimate of drug-likeness (QED) is 0.656. The maximum absolute atomic E-state index is 8.93. The third-order valence-corrected chi connectivity index (χ3v) is 1.58. The fraction of sp³-hybridized carbons (Fsp3) is 0.222. The molecular formula is C9H12N2O. The lowest BCUT2D eigenvalue weighted by atomic mass is 10.1. The van der Waals surface area contributed by atoms with Crippen LogP contribution < -0.4 is 5.73 Å². The van der Waals surface area contributed by atoms with Crippen molar-refractivity contribution in [3.63, 3.8) is 0 Å². The molecule has 0 bridgehead atoms. The maximum atomic E-state index is 8.93. The number of aromatic nitrogens is 1. The first-order valence-corrected chi connectivity index (χ1v) is 3.73. The zero-order valence-corrected chi connectivity index (χ0v) is 6.77. The van der Waals surface area contributed by atoms with Gasteiger partial charge in [-0.25, -0.2) is 0 Å². The third-order valence-electron chi connectivity index (χ3n) is 1.58. The van der Waals surface area contributed by atoms with Gasteiger partial charge in [0.1, 0.15) is 5.76 Å². The van der Waals surface area contributed by atoms with Crippen LogP contribution in [0.4, 0.5) is 0 Å². The van der Waals surface area contributed by atoms with Crippen molar-refractivity contribution < 1.29 is 5.11 Å². The van der Waals surface area contributed by atoms with Gasteiger partial charge in [-0.15, -0.1) is 0 Å². The van der Waals surface area contributed by atoms with Gasteiger partial charge in [-0.1, -0.05) is 12.6 Å². The van der Waals surface area contributed by atoms with E-state index in [-0.39, 0.29) is 5.76 Å². The summed E-state index contributed by atoms with van der Waals surface area (Å²) in [5, 5.41) is 8.93. The summed E-state index contributed by atoms with van der Waals surface area (Å²) in [6, 6.07) is 5.17. The summed E-state index contributed by atoms with van der Waals surface area (Å²) >= 11 is 0. The van der Waals surface area contributed by atoms with Gasteiger partial charge >= 0.3 is 0 Å². The second-order valence-electron chi connectivity index (χ2n) is 2.62. The van der Waals surface area contributed by atoms with E-state index >= 15 is 0 Å². The van der Waals surface area contributed by atoms with Gasteiger partial charge in [0.2, 0.25) is 0 Å². The van der Waals surface area contributed by atoms with Crippen LogP contribution in [0.3, 0.4) is 0 Å². The number of hydrogen-bond acceptors (Lipinski definition) is 3. The Morgan fingerprint density at radius 1 is 1.67 bits per heavy atom. The molecule has 12 heavy (non-hydrogen) atoms. The molecule has 0 aliphatic carbocycles. The molecule has 0 spiro atoms. The molecule has 0 fully saturated rings. The van der Waals surface area contributed by atoms with Gasteiger partial charge in [-0.3, -0.25) is 4.98 Å². The van der Waals surface area contributed by atoms with Crippen molar-refractivity contribution in [3.8, 4) is 0 Å². The number of pyridine rings is 1. The number of aliphatic hydroxyl groups is 1. The van der Waals surface area contributed by atoms with Crippen LogP contribution in [0, 0.1) is 0 Å². The van der Waals surface area contributed by atoms with E-state index in [1.54, 1.807) is 6.20 Å². The Hall–Kier alpha value is -1.35. The van der Waals surface area contributed by atoms with Crippen LogP contribution in [-0.2, 0) is 6.42 Å². The largest absolute Gasteiger partial charge is 0.511 e. The van der Waals surface area contributed by atoms with E-state index < -0.39 is 6.04 Å². The molecular weight excluding hydrogens is 152 g/mol. The smallest absolute Gasteiger partial charge is 0.102 e. The highest BCUT2D eigenvalue weighted by atomic mass is 16.3. The first kappa shape index (κ1) is 8.74. The van der Waals surface area contributed by atoms with Crippen molar-refractivity contribution in [2.45, 2.75) is 12.5 Å². The minimum atomic E-state index is -0.417. The third kappa shape index (κ3) is 2.36. The normalized spacial score (nSPS) is 12.4. The number of nitrogens with zero attached hydrogens (tertiary/aromatic N) is 1. The van der Waals surface area contributed by atoms with Crippen LogP contribution in [-0.4, -0.2) is 16.1 Å². The fourth-order valence-electron chi connectivity index (χ4n) is 0.862. The zero-order chi connectivity index (χ0) is 8.97. The van der Waals surface area contributed by atoms with Crippen LogP contribution in [0.1, 0.15) is 5.69 Å². The van der Waals surface area contributed by atoms with Gasteiger partial charge < -0.3 is 10.8 Å². The predicted molar refractivity (Wildman–Crippen MR) is 47.7 cm³/mol. The van der Waals surface area contributed by atoms with Gasteiger partial charge in [-0.2, -0.15) is 0 Å². The molecule has 64 valence electrons. The zero-order valence-electron chi connectivity index (χ0n) is 6.77. The van der Waals surface area contributed by atoms with Gasteiger partial charge in [0.15, 0.2) is 0 Å². The lowest BCUT2D eigenvalue weighted by molar-refractivity contribution is 0.367. The van der Waals surface area contributed by atoms with Crippen LogP contribution in [0.15, 0.2) is 36.7 Å². The SMILES string of the molecule is C=C(O)[C@@H](N)Cc1ccccn1. The van der Waals surface area contributed by atoms with Crippen LogP contribution in [0.5, 0.6) is 0 Å². The van der Waals surface area contributed by atoms with E-state index in [2.05, 4.69) is 11.6 Å². The molecule has 1 rings (SSSR count). The van der Waals surface area contributed by atoms with Crippen molar-refractivity contribution in [1.29, 1.82) is 0 Å². The molecule has 0 aromatic carbocycles. The Bertz CT molecular complexity index is 258. The second kappa shape index (κ2) is 3.88. The minimum Gasteiger partial charge on any atom is -0.511 e. The fourth-order valence-corrected chi connectivity index (χ4v) is 0.862. The predicted octanol–water partition coefficient (Wildman–Crippen LogP) is 1.02. The van der Waals surface area contributed by atoms with Crippen molar-refractivity contribution in [2.24, 2.45) is 5.73 Å². The van der Waals surface area contributed by atoms with Crippen molar-refractivity contribution in [2.75, 3.05) is 0 Å². The van der Waals surface area contributed by atoms with Crippen molar-refractivity contribution in [3.05, 3.63) is 42.4 Å². The lowest BCUT2D eigenvalue weighted by Gasteiger charge is -2.07. The highest BCUT2D eigenvalue weighted by Gasteiger charge is 2.06. The highest BCUT2D eigenvalue weighted by molar-refractivity contribution is 5.08. The summed E-state index contributed by atoms with van der Waals surface area (Å²) in [5.41, 5.74) is 6.42. The molecule has 0 radical (unpaired) electrons. The second-order valence-corrected chi connectivity index (χ2v) is 2.62. The average Bonchev–Trinajstić information content (AvgIpc) is 2.06. The van der Waals surface area contributed by atoms with Crippen LogP contribution >= 0.6 is 0 Å². The van der Waals surface area contributed by atoms with Gasteiger partial charge in [0.05, 0.1) is 6.04 Å². The molecule has 1 heterocycles. The Balaban J connectivity index is 2.58. The first-order valence-electron chi connectivity index (χ1n) is 3.73. The Kier molecular flexibility index (Phi) is 2.82. The maximum Gasteiger partial charge on any atom is 0.102 e. The van der Waals surface area contributed by atoms with E-state index in [0.717, 1.165) is 5.69 Å². The topological polar surface area (TPSA) is 59.1 Å². The summed E-state index contributed by atoms with van der Waals surface area (Å²) in [6.45, 7) is 3.35. The molecule has 0 amide bonds.